The molecular weight excluding hydrogens is 276 g/mol. The Morgan fingerprint density at radius 1 is 1.45 bits per heavy atom. The van der Waals surface area contributed by atoms with E-state index in [1.54, 1.807) is 4.31 Å². The van der Waals surface area contributed by atoms with Gasteiger partial charge in [0.15, 0.2) is 0 Å². The molecule has 1 aliphatic heterocycles. The van der Waals surface area contributed by atoms with Gasteiger partial charge in [-0.05, 0) is 24.5 Å². The van der Waals surface area contributed by atoms with E-state index >= 15 is 0 Å². The Labute approximate surface area is 120 Å². The quantitative estimate of drug-likeness (QED) is 0.817. The van der Waals surface area contributed by atoms with E-state index in [0.29, 0.717) is 19.6 Å². The molecule has 6 heteroatoms. The van der Waals surface area contributed by atoms with Crippen LogP contribution in [0.1, 0.15) is 30.5 Å². The summed E-state index contributed by atoms with van der Waals surface area (Å²) in [6, 6.07) is 7.90. The lowest BCUT2D eigenvalue weighted by Crippen LogP contribution is -2.34. The summed E-state index contributed by atoms with van der Waals surface area (Å²) < 4.78 is 24.9. The molecule has 20 heavy (non-hydrogen) atoms. The van der Waals surface area contributed by atoms with Crippen LogP contribution in [0, 0.1) is 0 Å². The molecule has 1 saturated heterocycles. The highest BCUT2D eigenvalue weighted by molar-refractivity contribution is 7.89. The molecule has 2 rings (SSSR count). The molecule has 0 aromatic heterocycles. The molecular formula is C14H22N2O3S. The van der Waals surface area contributed by atoms with E-state index in [-0.39, 0.29) is 18.4 Å². The third-order valence-electron chi connectivity index (χ3n) is 3.65. The van der Waals surface area contributed by atoms with E-state index in [4.69, 9.17) is 5.11 Å². The van der Waals surface area contributed by atoms with E-state index in [1.807, 2.05) is 31.2 Å². The van der Waals surface area contributed by atoms with Gasteiger partial charge in [0, 0.05) is 25.7 Å². The average molecular weight is 298 g/mol. The number of nitrogens with zero attached hydrogens (tertiary/aromatic N) is 1. The van der Waals surface area contributed by atoms with Crippen molar-refractivity contribution in [2.45, 2.75) is 26.0 Å². The van der Waals surface area contributed by atoms with Crippen LogP contribution in [-0.2, 0) is 16.6 Å². The first kappa shape index (κ1) is 15.4. The van der Waals surface area contributed by atoms with Gasteiger partial charge in [0.05, 0.1) is 12.4 Å². The minimum Gasteiger partial charge on any atom is -0.392 e. The van der Waals surface area contributed by atoms with Crippen molar-refractivity contribution in [3.63, 3.8) is 0 Å². The van der Waals surface area contributed by atoms with E-state index in [9.17, 15) is 8.42 Å². The first-order chi connectivity index (χ1) is 9.53. The zero-order chi connectivity index (χ0) is 14.6. The monoisotopic (exact) mass is 298 g/mol. The number of hydrogen-bond donors (Lipinski definition) is 2. The van der Waals surface area contributed by atoms with Crippen molar-refractivity contribution in [3.05, 3.63) is 35.4 Å². The molecule has 5 nitrogen and oxygen atoms in total. The molecule has 1 unspecified atom stereocenters. The maximum absolute atomic E-state index is 11.7. The Balaban J connectivity index is 1.84. The SMILES string of the molecule is CC(NCCN1CCCS1(=O)=O)c1cccc(CO)c1. The molecule has 1 aliphatic rings. The number of nitrogens with one attached hydrogen (secondary N) is 1. The van der Waals surface area contributed by atoms with Gasteiger partial charge in [0.2, 0.25) is 10.0 Å². The molecule has 2 N–H and O–H groups in total. The van der Waals surface area contributed by atoms with Gasteiger partial charge in [-0.25, -0.2) is 12.7 Å². The fourth-order valence-corrected chi connectivity index (χ4v) is 3.96. The molecule has 1 heterocycles. The Morgan fingerprint density at radius 2 is 2.25 bits per heavy atom. The summed E-state index contributed by atoms with van der Waals surface area (Å²) in [5.41, 5.74) is 1.99. The van der Waals surface area contributed by atoms with Gasteiger partial charge in [-0.15, -0.1) is 0 Å². The molecule has 0 saturated carbocycles. The van der Waals surface area contributed by atoms with Gasteiger partial charge >= 0.3 is 0 Å². The Hall–Kier alpha value is -0.950. The van der Waals surface area contributed by atoms with Crippen LogP contribution >= 0.6 is 0 Å². The topological polar surface area (TPSA) is 69.6 Å². The molecule has 0 amide bonds. The van der Waals surface area contributed by atoms with Crippen molar-refractivity contribution in [2.75, 3.05) is 25.4 Å². The second-order valence-corrected chi connectivity index (χ2v) is 7.24. The van der Waals surface area contributed by atoms with Crippen molar-refractivity contribution in [1.29, 1.82) is 0 Å². The molecule has 112 valence electrons. The highest BCUT2D eigenvalue weighted by Crippen LogP contribution is 2.15. The van der Waals surface area contributed by atoms with Crippen LogP contribution in [0.15, 0.2) is 24.3 Å². The van der Waals surface area contributed by atoms with Crippen LogP contribution in [0.3, 0.4) is 0 Å². The molecule has 1 atom stereocenters. The van der Waals surface area contributed by atoms with Crippen molar-refractivity contribution < 1.29 is 13.5 Å². The van der Waals surface area contributed by atoms with Crippen molar-refractivity contribution in [2.24, 2.45) is 0 Å². The third kappa shape index (κ3) is 3.79. The van der Waals surface area contributed by atoms with Gasteiger partial charge in [-0.3, -0.25) is 0 Å². The summed E-state index contributed by atoms with van der Waals surface area (Å²) in [5, 5.41) is 12.5. The highest BCUT2D eigenvalue weighted by atomic mass is 32.2. The predicted octanol–water partition coefficient (Wildman–Crippen LogP) is 0.865. The fourth-order valence-electron chi connectivity index (χ4n) is 2.43. The van der Waals surface area contributed by atoms with E-state index < -0.39 is 10.0 Å². The number of hydrogen-bond acceptors (Lipinski definition) is 4. The van der Waals surface area contributed by atoms with Crippen molar-refractivity contribution in [1.82, 2.24) is 9.62 Å². The van der Waals surface area contributed by atoms with Gasteiger partial charge in [-0.1, -0.05) is 24.3 Å². The average Bonchev–Trinajstić information content (AvgIpc) is 2.78. The van der Waals surface area contributed by atoms with Crippen LogP contribution in [0.4, 0.5) is 0 Å². The Morgan fingerprint density at radius 3 is 2.90 bits per heavy atom. The number of aliphatic hydroxyl groups excluding tert-OH is 1. The lowest BCUT2D eigenvalue weighted by Gasteiger charge is -2.18. The van der Waals surface area contributed by atoms with Crippen LogP contribution < -0.4 is 5.32 Å². The molecule has 0 spiro atoms. The molecule has 0 radical (unpaired) electrons. The molecule has 1 fully saturated rings. The van der Waals surface area contributed by atoms with E-state index in [1.165, 1.54) is 0 Å². The molecule has 0 bridgehead atoms. The third-order valence-corrected chi connectivity index (χ3v) is 5.61. The summed E-state index contributed by atoms with van der Waals surface area (Å²) in [6.07, 6.45) is 0.733. The fraction of sp³-hybridized carbons (Fsp3) is 0.571. The molecule has 1 aromatic rings. The van der Waals surface area contributed by atoms with E-state index in [0.717, 1.165) is 17.5 Å². The van der Waals surface area contributed by atoms with Crippen molar-refractivity contribution in [3.8, 4) is 0 Å². The van der Waals surface area contributed by atoms with Gasteiger partial charge in [0.1, 0.15) is 0 Å². The lowest BCUT2D eigenvalue weighted by atomic mass is 10.1. The van der Waals surface area contributed by atoms with Gasteiger partial charge in [0.25, 0.3) is 0 Å². The van der Waals surface area contributed by atoms with Gasteiger partial charge in [-0.2, -0.15) is 0 Å². The number of benzene rings is 1. The Kier molecular flexibility index (Phi) is 5.15. The van der Waals surface area contributed by atoms with Crippen LogP contribution in [-0.4, -0.2) is 43.2 Å². The number of sulfonamides is 1. The summed E-state index contributed by atoms with van der Waals surface area (Å²) in [6.45, 7) is 3.86. The molecule has 0 aliphatic carbocycles. The predicted molar refractivity (Wildman–Crippen MR) is 78.8 cm³/mol. The first-order valence-corrected chi connectivity index (χ1v) is 8.55. The second-order valence-electron chi connectivity index (χ2n) is 5.15. The summed E-state index contributed by atoms with van der Waals surface area (Å²) >= 11 is 0. The van der Waals surface area contributed by atoms with Gasteiger partial charge < -0.3 is 10.4 Å². The maximum Gasteiger partial charge on any atom is 0.214 e. The molecule has 1 aromatic carbocycles. The highest BCUT2D eigenvalue weighted by Gasteiger charge is 2.27. The van der Waals surface area contributed by atoms with Crippen molar-refractivity contribution >= 4 is 10.0 Å². The number of aliphatic hydroxyl groups is 1. The lowest BCUT2D eigenvalue weighted by molar-refractivity contribution is 0.281. The first-order valence-electron chi connectivity index (χ1n) is 6.94. The minimum atomic E-state index is -3.00. The number of rotatable bonds is 6. The normalized spacial score (nSPS) is 20.1. The standard InChI is InChI=1S/C14H22N2O3S/c1-12(14-5-2-4-13(10-14)11-17)15-6-8-16-7-3-9-20(16,18)19/h2,4-5,10,12,15,17H,3,6-9,11H2,1H3. The zero-order valence-electron chi connectivity index (χ0n) is 11.7. The smallest absolute Gasteiger partial charge is 0.214 e. The van der Waals surface area contributed by atoms with Crippen LogP contribution in [0.2, 0.25) is 0 Å². The summed E-state index contributed by atoms with van der Waals surface area (Å²) in [7, 11) is -3.00. The zero-order valence-corrected chi connectivity index (χ0v) is 12.6. The second kappa shape index (κ2) is 6.67. The largest absolute Gasteiger partial charge is 0.392 e. The van der Waals surface area contributed by atoms with Crippen LogP contribution in [0.25, 0.3) is 0 Å². The summed E-state index contributed by atoms with van der Waals surface area (Å²) in [4.78, 5) is 0. The van der Waals surface area contributed by atoms with Crippen LogP contribution in [0.5, 0.6) is 0 Å². The minimum absolute atomic E-state index is 0.0343. The summed E-state index contributed by atoms with van der Waals surface area (Å²) in [5.74, 6) is 0.279. The maximum atomic E-state index is 11.7. The Bertz CT molecular complexity index is 545. The van der Waals surface area contributed by atoms with E-state index in [2.05, 4.69) is 5.32 Å².